The van der Waals surface area contributed by atoms with E-state index in [2.05, 4.69) is 0 Å². The highest BCUT2D eigenvalue weighted by Gasteiger charge is 2.21. The Morgan fingerprint density at radius 2 is 1.67 bits per heavy atom. The van der Waals surface area contributed by atoms with E-state index >= 15 is 0 Å². The molecule has 1 amide bonds. The van der Waals surface area contributed by atoms with E-state index < -0.39 is 0 Å². The van der Waals surface area contributed by atoms with Crippen LogP contribution in [0.2, 0.25) is 0 Å². The van der Waals surface area contributed by atoms with Gasteiger partial charge in [0, 0.05) is 17.4 Å². The average Bonchev–Trinajstić information content (AvgIpc) is 2.78. The van der Waals surface area contributed by atoms with Crippen LogP contribution in [0.15, 0.2) is 71.6 Å². The van der Waals surface area contributed by atoms with Crippen molar-refractivity contribution in [1.82, 2.24) is 0 Å². The highest BCUT2D eigenvalue weighted by Crippen LogP contribution is 2.38. The number of benzene rings is 3. The fourth-order valence-electron chi connectivity index (χ4n) is 3.00. The lowest BCUT2D eigenvalue weighted by Gasteiger charge is -2.25. The molecule has 0 N–H and O–H groups in total. The summed E-state index contributed by atoms with van der Waals surface area (Å²) in [4.78, 5) is 14.5. The number of hydrogen-bond donors (Lipinski definition) is 0. The number of halogens is 1. The maximum Gasteiger partial charge on any atom is 0.224 e. The van der Waals surface area contributed by atoms with Gasteiger partial charge in [0.1, 0.15) is 17.2 Å². The number of hydrogen-bond acceptors (Lipinski definition) is 5. The molecule has 0 aliphatic heterocycles. The Morgan fingerprint density at radius 1 is 0.933 bits per heavy atom. The first-order valence-electron chi connectivity index (χ1n) is 9.20. The number of ether oxygens (including phenoxy) is 3. The van der Waals surface area contributed by atoms with Gasteiger partial charge in [-0.2, -0.15) is 3.89 Å². The van der Waals surface area contributed by atoms with Gasteiger partial charge in [-0.1, -0.05) is 18.2 Å². The van der Waals surface area contributed by atoms with Gasteiger partial charge in [-0.15, -0.1) is 0 Å². The summed E-state index contributed by atoms with van der Waals surface area (Å²) < 4.78 is 30.1. The molecule has 30 heavy (non-hydrogen) atoms. The first kappa shape index (κ1) is 21.5. The van der Waals surface area contributed by atoms with Crippen molar-refractivity contribution in [3.05, 3.63) is 72.3 Å². The van der Waals surface area contributed by atoms with Gasteiger partial charge in [0.05, 0.1) is 38.6 Å². The largest absolute Gasteiger partial charge is 0.497 e. The molecule has 3 rings (SSSR count). The molecule has 7 heteroatoms. The molecule has 0 saturated carbocycles. The number of carbonyl (C=O) groups excluding carboxylic acids is 1. The van der Waals surface area contributed by atoms with Crippen LogP contribution in [0.4, 0.5) is 9.57 Å². The minimum absolute atomic E-state index is 0.109. The van der Waals surface area contributed by atoms with Crippen LogP contribution in [-0.2, 0) is 11.3 Å². The van der Waals surface area contributed by atoms with Crippen molar-refractivity contribution >= 4 is 23.7 Å². The Kier molecular flexibility index (Phi) is 7.19. The average molecular weight is 427 g/mol. The summed E-state index contributed by atoms with van der Waals surface area (Å²) in [7, 11) is 3.13. The Labute approximate surface area is 179 Å². The summed E-state index contributed by atoms with van der Waals surface area (Å²) in [5, 5.41) is 0. The van der Waals surface area contributed by atoms with Gasteiger partial charge in [-0.25, -0.2) is 0 Å². The predicted molar refractivity (Wildman–Crippen MR) is 116 cm³/mol. The molecular weight excluding hydrogens is 405 g/mol. The van der Waals surface area contributed by atoms with Gasteiger partial charge in [0.25, 0.3) is 0 Å². The normalized spacial score (nSPS) is 10.4. The number of rotatable bonds is 8. The molecule has 0 radical (unpaired) electrons. The van der Waals surface area contributed by atoms with Crippen molar-refractivity contribution in [2.75, 3.05) is 19.1 Å². The number of para-hydroxylation sites is 1. The highest BCUT2D eigenvalue weighted by atomic mass is 32.2. The van der Waals surface area contributed by atoms with E-state index in [0.717, 1.165) is 5.56 Å². The number of nitrogens with zero attached hydrogens (tertiary/aromatic N) is 1. The molecule has 0 bridgehead atoms. The number of methoxy groups -OCH3 is 2. The van der Waals surface area contributed by atoms with Gasteiger partial charge in [-0.3, -0.25) is 4.79 Å². The molecule has 0 fully saturated rings. The summed E-state index contributed by atoms with van der Waals surface area (Å²) in [6.07, 6.45) is 0. The van der Waals surface area contributed by atoms with Gasteiger partial charge >= 0.3 is 0 Å². The molecule has 156 valence electrons. The van der Waals surface area contributed by atoms with Gasteiger partial charge in [0.15, 0.2) is 5.75 Å². The van der Waals surface area contributed by atoms with Crippen LogP contribution in [-0.4, -0.2) is 20.1 Å². The third-order valence-electron chi connectivity index (χ3n) is 4.48. The molecule has 0 heterocycles. The Bertz CT molecular complexity index is 1010. The first-order chi connectivity index (χ1) is 14.5. The lowest BCUT2D eigenvalue weighted by atomic mass is 10.1. The zero-order valence-electron chi connectivity index (χ0n) is 16.9. The van der Waals surface area contributed by atoms with E-state index in [4.69, 9.17) is 14.2 Å². The van der Waals surface area contributed by atoms with Crippen molar-refractivity contribution in [1.29, 1.82) is 0 Å². The predicted octanol–water partition coefficient (Wildman–Crippen LogP) is 6.03. The maximum absolute atomic E-state index is 13.3. The summed E-state index contributed by atoms with van der Waals surface area (Å²) in [6.45, 7) is 1.65. The molecule has 0 aromatic heterocycles. The Morgan fingerprint density at radius 3 is 2.30 bits per heavy atom. The fraction of sp³-hybridized carbons (Fsp3) is 0.174. The van der Waals surface area contributed by atoms with Crippen molar-refractivity contribution in [2.45, 2.75) is 18.4 Å². The van der Waals surface area contributed by atoms with Gasteiger partial charge < -0.3 is 19.1 Å². The number of anilines is 1. The SMILES string of the molecule is COc1ccc(OC)c(CN(C(C)=O)c2cc(SF)ccc2Oc2ccccc2)c1. The van der Waals surface area contributed by atoms with E-state index in [0.29, 0.717) is 33.6 Å². The van der Waals surface area contributed by atoms with E-state index in [1.54, 1.807) is 50.6 Å². The molecule has 0 aliphatic carbocycles. The molecular formula is C23H22FNO4S. The van der Waals surface area contributed by atoms with Crippen molar-refractivity contribution in [3.63, 3.8) is 0 Å². The second kappa shape index (κ2) is 10.0. The Hall–Kier alpha value is -3.19. The lowest BCUT2D eigenvalue weighted by Crippen LogP contribution is -2.28. The van der Waals surface area contributed by atoms with Crippen LogP contribution in [0.1, 0.15) is 12.5 Å². The van der Waals surface area contributed by atoms with Crippen LogP contribution in [0, 0.1) is 0 Å². The van der Waals surface area contributed by atoms with E-state index in [1.165, 1.54) is 11.8 Å². The smallest absolute Gasteiger partial charge is 0.224 e. The number of carbonyl (C=O) groups is 1. The monoisotopic (exact) mass is 427 g/mol. The van der Waals surface area contributed by atoms with Crippen molar-refractivity contribution in [3.8, 4) is 23.0 Å². The van der Waals surface area contributed by atoms with Crippen molar-refractivity contribution < 1.29 is 22.9 Å². The van der Waals surface area contributed by atoms with Gasteiger partial charge in [-0.05, 0) is 48.5 Å². The van der Waals surface area contributed by atoms with Crippen LogP contribution < -0.4 is 19.1 Å². The van der Waals surface area contributed by atoms with Crippen molar-refractivity contribution in [2.24, 2.45) is 0 Å². The standard InChI is InChI=1S/C23H22FNO4S/c1-16(26)25(15-17-13-19(27-2)9-11-22(17)28-3)21-14-20(30-24)10-12-23(21)29-18-7-5-4-6-8-18/h4-14H,15H2,1-3H3. The summed E-state index contributed by atoms with van der Waals surface area (Å²) >= 11 is 0.109. The van der Waals surface area contributed by atoms with Crippen LogP contribution in [0.5, 0.6) is 23.0 Å². The second-order valence-electron chi connectivity index (χ2n) is 6.40. The zero-order valence-corrected chi connectivity index (χ0v) is 17.7. The molecule has 0 atom stereocenters. The van der Waals surface area contributed by atoms with E-state index in [-0.39, 0.29) is 24.6 Å². The summed E-state index contributed by atoms with van der Waals surface area (Å²) in [6, 6.07) is 19.4. The molecule has 0 saturated heterocycles. The highest BCUT2D eigenvalue weighted by molar-refractivity contribution is 7.94. The summed E-state index contributed by atoms with van der Waals surface area (Å²) in [5.74, 6) is 2.09. The fourth-order valence-corrected chi connectivity index (χ4v) is 3.28. The maximum atomic E-state index is 13.3. The molecule has 3 aromatic carbocycles. The molecule has 0 spiro atoms. The molecule has 0 unspecified atom stereocenters. The zero-order chi connectivity index (χ0) is 21.5. The second-order valence-corrected chi connectivity index (χ2v) is 7.03. The first-order valence-corrected chi connectivity index (χ1v) is 9.92. The molecule has 5 nitrogen and oxygen atoms in total. The molecule has 0 aliphatic rings. The van der Waals surface area contributed by atoms with Crippen LogP contribution in [0.3, 0.4) is 0 Å². The van der Waals surface area contributed by atoms with Crippen LogP contribution in [0.25, 0.3) is 0 Å². The third-order valence-corrected chi connectivity index (χ3v) is 4.91. The minimum atomic E-state index is -0.223. The number of amides is 1. The van der Waals surface area contributed by atoms with Gasteiger partial charge in [0.2, 0.25) is 5.91 Å². The quantitative estimate of drug-likeness (QED) is 0.440. The molecule has 3 aromatic rings. The summed E-state index contributed by atoms with van der Waals surface area (Å²) in [5.41, 5.74) is 1.20. The van der Waals surface area contributed by atoms with E-state index in [1.807, 2.05) is 30.3 Å². The topological polar surface area (TPSA) is 48.0 Å². The third kappa shape index (κ3) is 5.04. The minimum Gasteiger partial charge on any atom is -0.497 e. The van der Waals surface area contributed by atoms with Crippen LogP contribution >= 0.6 is 12.1 Å². The lowest BCUT2D eigenvalue weighted by molar-refractivity contribution is -0.116. The Balaban J connectivity index is 2.04. The van der Waals surface area contributed by atoms with E-state index in [9.17, 15) is 8.68 Å².